The van der Waals surface area contributed by atoms with Crippen LogP contribution in [0.5, 0.6) is 0 Å². The number of aliphatic carboxylic acids is 1. The van der Waals surface area contributed by atoms with E-state index < -0.39 is 18.1 Å². The number of likely N-dealkylation sites (N-methyl/N-ethyl adjacent to an activating group) is 1. The first-order valence-electron chi connectivity index (χ1n) is 5.67. The van der Waals surface area contributed by atoms with E-state index in [1.54, 1.807) is 7.05 Å². The van der Waals surface area contributed by atoms with Crippen molar-refractivity contribution in [1.82, 2.24) is 4.90 Å². The van der Waals surface area contributed by atoms with E-state index in [1.807, 2.05) is 31.2 Å². The summed E-state index contributed by atoms with van der Waals surface area (Å²) in [5.74, 6) is -1.27. The molecule has 0 aliphatic carbocycles. The summed E-state index contributed by atoms with van der Waals surface area (Å²) in [5.41, 5.74) is 1.85. The van der Waals surface area contributed by atoms with Gasteiger partial charge in [0.2, 0.25) is 5.91 Å². The minimum absolute atomic E-state index is 0.185. The SMILES string of the molecule is Cc1ccc(C2C(C(=O)O)OCC(=O)N2C)cc1. The molecule has 96 valence electrons. The number of benzene rings is 1. The molecular weight excluding hydrogens is 234 g/mol. The number of nitrogens with zero attached hydrogens (tertiary/aromatic N) is 1. The first-order valence-corrected chi connectivity index (χ1v) is 5.67. The van der Waals surface area contributed by atoms with Gasteiger partial charge in [0, 0.05) is 7.05 Å². The summed E-state index contributed by atoms with van der Waals surface area (Å²) in [6.45, 7) is 1.76. The van der Waals surface area contributed by atoms with Gasteiger partial charge in [0.15, 0.2) is 6.10 Å². The first kappa shape index (κ1) is 12.6. The number of hydrogen-bond acceptors (Lipinski definition) is 3. The standard InChI is InChI=1S/C13H15NO4/c1-8-3-5-9(6-4-8)11-12(13(16)17)18-7-10(15)14(11)2/h3-6,11-12H,7H2,1-2H3,(H,16,17). The minimum atomic E-state index is -1.06. The monoisotopic (exact) mass is 249 g/mol. The van der Waals surface area contributed by atoms with Crippen molar-refractivity contribution in [2.75, 3.05) is 13.7 Å². The van der Waals surface area contributed by atoms with Crippen molar-refractivity contribution in [3.8, 4) is 0 Å². The Balaban J connectivity index is 2.37. The van der Waals surface area contributed by atoms with E-state index in [-0.39, 0.29) is 12.5 Å². The van der Waals surface area contributed by atoms with Crippen LogP contribution in [-0.4, -0.2) is 41.6 Å². The van der Waals surface area contributed by atoms with Gasteiger partial charge in [0.05, 0.1) is 6.04 Å². The van der Waals surface area contributed by atoms with Crippen molar-refractivity contribution in [3.63, 3.8) is 0 Å². The number of amides is 1. The molecule has 0 aromatic heterocycles. The van der Waals surface area contributed by atoms with Crippen LogP contribution < -0.4 is 0 Å². The van der Waals surface area contributed by atoms with E-state index in [1.165, 1.54) is 4.90 Å². The van der Waals surface area contributed by atoms with Gasteiger partial charge in [-0.15, -0.1) is 0 Å². The van der Waals surface area contributed by atoms with Gasteiger partial charge >= 0.3 is 5.97 Å². The number of morpholine rings is 1. The summed E-state index contributed by atoms with van der Waals surface area (Å²) < 4.78 is 5.13. The summed E-state index contributed by atoms with van der Waals surface area (Å²) in [4.78, 5) is 24.3. The number of carboxylic acid groups (broad SMARTS) is 1. The molecule has 0 saturated carbocycles. The number of ether oxygens (including phenoxy) is 1. The van der Waals surface area contributed by atoms with Gasteiger partial charge in [-0.2, -0.15) is 0 Å². The van der Waals surface area contributed by atoms with Crippen molar-refractivity contribution in [3.05, 3.63) is 35.4 Å². The molecular formula is C13H15NO4. The number of aryl methyl sites for hydroxylation is 1. The molecule has 1 fully saturated rings. The zero-order valence-corrected chi connectivity index (χ0v) is 10.3. The van der Waals surface area contributed by atoms with E-state index in [4.69, 9.17) is 9.84 Å². The zero-order valence-electron chi connectivity index (χ0n) is 10.3. The van der Waals surface area contributed by atoms with Crippen molar-refractivity contribution < 1.29 is 19.4 Å². The highest BCUT2D eigenvalue weighted by atomic mass is 16.5. The normalized spacial score (nSPS) is 24.1. The number of carbonyl (C=O) groups excluding carboxylic acids is 1. The van der Waals surface area contributed by atoms with Gasteiger partial charge < -0.3 is 14.7 Å². The lowest BCUT2D eigenvalue weighted by molar-refractivity contribution is -0.171. The van der Waals surface area contributed by atoms with Gasteiger partial charge in [-0.05, 0) is 12.5 Å². The Morgan fingerprint density at radius 1 is 1.39 bits per heavy atom. The minimum Gasteiger partial charge on any atom is -0.479 e. The second-order valence-corrected chi connectivity index (χ2v) is 4.43. The summed E-state index contributed by atoms with van der Waals surface area (Å²) in [7, 11) is 1.60. The molecule has 5 nitrogen and oxygen atoms in total. The molecule has 5 heteroatoms. The highest BCUT2D eigenvalue weighted by Gasteiger charge is 2.39. The number of carboxylic acids is 1. The topological polar surface area (TPSA) is 66.8 Å². The third-order valence-corrected chi connectivity index (χ3v) is 3.15. The lowest BCUT2D eigenvalue weighted by atomic mass is 9.97. The van der Waals surface area contributed by atoms with Crippen molar-refractivity contribution in [1.29, 1.82) is 0 Å². The molecule has 0 bridgehead atoms. The van der Waals surface area contributed by atoms with Crippen LogP contribution in [0.1, 0.15) is 17.2 Å². The Hall–Kier alpha value is -1.88. The molecule has 1 aromatic carbocycles. The molecule has 1 aliphatic rings. The molecule has 2 rings (SSSR count). The van der Waals surface area contributed by atoms with Crippen LogP contribution in [0.25, 0.3) is 0 Å². The van der Waals surface area contributed by atoms with Crippen molar-refractivity contribution >= 4 is 11.9 Å². The Morgan fingerprint density at radius 3 is 2.56 bits per heavy atom. The van der Waals surface area contributed by atoms with Crippen LogP contribution in [0.2, 0.25) is 0 Å². The molecule has 18 heavy (non-hydrogen) atoms. The van der Waals surface area contributed by atoms with E-state index in [2.05, 4.69) is 0 Å². The van der Waals surface area contributed by atoms with Crippen LogP contribution >= 0.6 is 0 Å². The van der Waals surface area contributed by atoms with E-state index in [9.17, 15) is 9.59 Å². The molecule has 1 saturated heterocycles. The number of hydrogen-bond donors (Lipinski definition) is 1. The molecule has 2 atom stereocenters. The molecule has 1 aliphatic heterocycles. The Morgan fingerprint density at radius 2 is 2.00 bits per heavy atom. The largest absolute Gasteiger partial charge is 0.479 e. The molecule has 1 aromatic rings. The maximum Gasteiger partial charge on any atom is 0.335 e. The maximum atomic E-state index is 11.6. The maximum absolute atomic E-state index is 11.6. The summed E-state index contributed by atoms with van der Waals surface area (Å²) >= 11 is 0. The zero-order chi connectivity index (χ0) is 13.3. The van der Waals surface area contributed by atoms with Crippen LogP contribution in [0.3, 0.4) is 0 Å². The average Bonchev–Trinajstić information content (AvgIpc) is 2.33. The predicted molar refractivity (Wildman–Crippen MR) is 64.1 cm³/mol. The number of rotatable bonds is 2. The van der Waals surface area contributed by atoms with Crippen molar-refractivity contribution in [2.24, 2.45) is 0 Å². The third-order valence-electron chi connectivity index (χ3n) is 3.15. The van der Waals surface area contributed by atoms with Gasteiger partial charge in [-0.3, -0.25) is 4.79 Å². The van der Waals surface area contributed by atoms with Crippen LogP contribution in [0.15, 0.2) is 24.3 Å². The highest BCUT2D eigenvalue weighted by molar-refractivity contribution is 5.82. The van der Waals surface area contributed by atoms with Gasteiger partial charge in [0.1, 0.15) is 6.61 Å². The molecule has 1 amide bonds. The van der Waals surface area contributed by atoms with Crippen molar-refractivity contribution in [2.45, 2.75) is 19.1 Å². The fourth-order valence-corrected chi connectivity index (χ4v) is 2.08. The second-order valence-electron chi connectivity index (χ2n) is 4.43. The smallest absolute Gasteiger partial charge is 0.335 e. The summed E-state index contributed by atoms with van der Waals surface area (Å²) in [6, 6.07) is 6.86. The predicted octanol–water partition coefficient (Wildman–Crippen LogP) is 0.978. The number of carbonyl (C=O) groups is 2. The van der Waals surface area contributed by atoms with Crippen LogP contribution in [-0.2, 0) is 14.3 Å². The average molecular weight is 249 g/mol. The fraction of sp³-hybridized carbons (Fsp3) is 0.385. The molecule has 0 spiro atoms. The van der Waals surface area contributed by atoms with Gasteiger partial charge in [-0.25, -0.2) is 4.79 Å². The molecule has 0 radical (unpaired) electrons. The Bertz CT molecular complexity index is 468. The fourth-order valence-electron chi connectivity index (χ4n) is 2.08. The van der Waals surface area contributed by atoms with E-state index in [0.717, 1.165) is 11.1 Å². The highest BCUT2D eigenvalue weighted by Crippen LogP contribution is 2.29. The lowest BCUT2D eigenvalue weighted by Crippen LogP contribution is -2.50. The van der Waals surface area contributed by atoms with Crippen LogP contribution in [0, 0.1) is 6.92 Å². The second kappa shape index (κ2) is 4.78. The van der Waals surface area contributed by atoms with Gasteiger partial charge in [-0.1, -0.05) is 29.8 Å². The first-order chi connectivity index (χ1) is 8.50. The van der Waals surface area contributed by atoms with Gasteiger partial charge in [0.25, 0.3) is 0 Å². The molecule has 1 heterocycles. The van der Waals surface area contributed by atoms with E-state index in [0.29, 0.717) is 0 Å². The quantitative estimate of drug-likeness (QED) is 0.848. The summed E-state index contributed by atoms with van der Waals surface area (Å²) in [6.07, 6.45) is -1.02. The Kier molecular flexibility index (Phi) is 3.34. The molecule has 2 unspecified atom stereocenters. The lowest BCUT2D eigenvalue weighted by Gasteiger charge is -2.37. The summed E-state index contributed by atoms with van der Waals surface area (Å²) in [5, 5.41) is 9.17. The van der Waals surface area contributed by atoms with E-state index >= 15 is 0 Å². The third kappa shape index (κ3) is 2.22. The van der Waals surface area contributed by atoms with Crippen LogP contribution in [0.4, 0.5) is 0 Å². The molecule has 1 N–H and O–H groups in total. The Labute approximate surface area is 105 Å².